The molecule has 0 saturated heterocycles. The maximum atomic E-state index is 5.59. The molecule has 0 saturated carbocycles. The molecule has 1 aromatic rings. The maximum Gasteiger partial charge on any atom is 0.196 e. The molecule has 0 unspecified atom stereocenters. The van der Waals surface area contributed by atoms with Gasteiger partial charge in [-0.3, -0.25) is 0 Å². The molecule has 90 valence electrons. The Bertz CT molecular complexity index is 370. The number of aromatic nitrogens is 4. The van der Waals surface area contributed by atoms with E-state index in [1.165, 1.54) is 4.80 Å². The topological polar surface area (TPSA) is 94.0 Å². The van der Waals surface area contributed by atoms with Crippen LogP contribution in [0.2, 0.25) is 0 Å². The highest BCUT2D eigenvalue weighted by atomic mass is 127. The second-order valence-corrected chi connectivity index (χ2v) is 3.21. The van der Waals surface area contributed by atoms with Gasteiger partial charge in [0.25, 0.3) is 0 Å². The highest BCUT2D eigenvalue weighted by Gasteiger charge is 1.98. The van der Waals surface area contributed by atoms with Crippen LogP contribution in [0.3, 0.4) is 0 Å². The third-order valence-corrected chi connectivity index (χ3v) is 1.51. The average Bonchev–Trinajstić information content (AvgIpc) is 2.58. The van der Waals surface area contributed by atoms with Gasteiger partial charge in [0.05, 0.1) is 7.05 Å². The van der Waals surface area contributed by atoms with E-state index in [0.29, 0.717) is 24.9 Å². The lowest BCUT2D eigenvalue weighted by Gasteiger charge is -2.03. The smallest absolute Gasteiger partial charge is 0.196 e. The van der Waals surface area contributed by atoms with Crippen molar-refractivity contribution < 1.29 is 0 Å². The zero-order chi connectivity index (χ0) is 11.3. The minimum Gasteiger partial charge on any atom is -0.370 e. The third kappa shape index (κ3) is 5.63. The van der Waals surface area contributed by atoms with Crippen molar-refractivity contribution in [1.82, 2.24) is 25.5 Å². The largest absolute Gasteiger partial charge is 0.370 e. The first kappa shape index (κ1) is 14.8. The molecule has 8 heteroatoms. The van der Waals surface area contributed by atoms with Crippen LogP contribution < -0.4 is 11.1 Å². The lowest BCUT2D eigenvalue weighted by Crippen LogP contribution is -2.32. The number of tetrazole rings is 1. The summed E-state index contributed by atoms with van der Waals surface area (Å²) in [7, 11) is 1.70. The molecule has 0 radical (unpaired) electrons. The number of aryl methyl sites for hydroxylation is 1. The van der Waals surface area contributed by atoms with Crippen LogP contribution in [0, 0.1) is 0 Å². The Morgan fingerprint density at radius 1 is 1.62 bits per heavy atom. The first-order valence-corrected chi connectivity index (χ1v) is 4.49. The van der Waals surface area contributed by atoms with Crippen LogP contribution in [-0.4, -0.2) is 32.7 Å². The number of guanidine groups is 1. The second-order valence-electron chi connectivity index (χ2n) is 3.21. The Labute approximate surface area is 111 Å². The monoisotopic (exact) mass is 337 g/mol. The lowest BCUT2D eigenvalue weighted by atomic mass is 10.3. The van der Waals surface area contributed by atoms with Crippen molar-refractivity contribution in [3.8, 4) is 0 Å². The minimum absolute atomic E-state index is 0. The summed E-state index contributed by atoms with van der Waals surface area (Å²) in [6.45, 7) is 6.58. The van der Waals surface area contributed by atoms with E-state index in [0.717, 1.165) is 5.57 Å². The van der Waals surface area contributed by atoms with Gasteiger partial charge in [-0.2, -0.15) is 4.80 Å². The number of rotatable bonds is 4. The van der Waals surface area contributed by atoms with Crippen molar-refractivity contribution in [2.45, 2.75) is 13.5 Å². The van der Waals surface area contributed by atoms with Crippen LogP contribution in [0.5, 0.6) is 0 Å². The van der Waals surface area contributed by atoms with E-state index in [2.05, 4.69) is 32.3 Å². The van der Waals surface area contributed by atoms with Crippen molar-refractivity contribution in [3.63, 3.8) is 0 Å². The van der Waals surface area contributed by atoms with Gasteiger partial charge < -0.3 is 11.1 Å². The maximum absolute atomic E-state index is 5.59. The number of nitrogens with zero attached hydrogens (tertiary/aromatic N) is 5. The number of aliphatic imine (C=N–C) groups is 1. The van der Waals surface area contributed by atoms with E-state index in [1.807, 2.05) is 6.92 Å². The molecule has 0 aromatic carbocycles. The highest BCUT2D eigenvalue weighted by molar-refractivity contribution is 14.0. The first-order chi connectivity index (χ1) is 7.08. The highest BCUT2D eigenvalue weighted by Crippen LogP contribution is 1.88. The molecular formula is C8H16IN7. The zero-order valence-corrected chi connectivity index (χ0v) is 11.7. The molecule has 0 amide bonds. The van der Waals surface area contributed by atoms with E-state index < -0.39 is 0 Å². The van der Waals surface area contributed by atoms with E-state index in [9.17, 15) is 0 Å². The van der Waals surface area contributed by atoms with Gasteiger partial charge in [0.1, 0.15) is 6.54 Å². The van der Waals surface area contributed by atoms with Gasteiger partial charge in [-0.25, -0.2) is 4.99 Å². The van der Waals surface area contributed by atoms with Crippen molar-refractivity contribution >= 4 is 29.9 Å². The zero-order valence-electron chi connectivity index (χ0n) is 9.34. The molecule has 3 N–H and O–H groups in total. The number of hydrogen-bond acceptors (Lipinski definition) is 4. The van der Waals surface area contributed by atoms with Gasteiger partial charge >= 0.3 is 0 Å². The van der Waals surface area contributed by atoms with Crippen molar-refractivity contribution in [1.29, 1.82) is 0 Å². The normalized spacial score (nSPS) is 10.8. The summed E-state index contributed by atoms with van der Waals surface area (Å²) in [4.78, 5) is 5.42. The van der Waals surface area contributed by atoms with Gasteiger partial charge in [0, 0.05) is 6.54 Å². The van der Waals surface area contributed by atoms with Gasteiger partial charge in [-0.1, -0.05) is 12.2 Å². The summed E-state index contributed by atoms with van der Waals surface area (Å²) in [5.74, 6) is 0.892. The molecule has 1 rings (SSSR count). The number of nitrogens with one attached hydrogen (secondary N) is 1. The summed E-state index contributed by atoms with van der Waals surface area (Å²) in [5.41, 5.74) is 6.58. The predicted molar refractivity (Wildman–Crippen MR) is 72.4 cm³/mol. The van der Waals surface area contributed by atoms with E-state index in [1.54, 1.807) is 7.05 Å². The molecular weight excluding hydrogens is 321 g/mol. The molecule has 0 aliphatic carbocycles. The summed E-state index contributed by atoms with van der Waals surface area (Å²) in [5, 5.41) is 14.3. The van der Waals surface area contributed by atoms with Crippen molar-refractivity contribution in [2.24, 2.45) is 17.8 Å². The average molecular weight is 337 g/mol. The fraction of sp³-hybridized carbons (Fsp3) is 0.500. The lowest BCUT2D eigenvalue weighted by molar-refractivity contribution is 0.627. The van der Waals surface area contributed by atoms with Gasteiger partial charge in [0.15, 0.2) is 11.8 Å². The Balaban J connectivity index is 0.00000225. The summed E-state index contributed by atoms with van der Waals surface area (Å²) in [6, 6.07) is 0. The number of hydrogen-bond donors (Lipinski definition) is 2. The van der Waals surface area contributed by atoms with Gasteiger partial charge in [-0.15, -0.1) is 34.2 Å². The van der Waals surface area contributed by atoms with Crippen LogP contribution in [0.1, 0.15) is 12.7 Å². The second kappa shape index (κ2) is 7.14. The van der Waals surface area contributed by atoms with Crippen LogP contribution in [0.25, 0.3) is 0 Å². The Morgan fingerprint density at radius 2 is 2.31 bits per heavy atom. The molecule has 7 nitrogen and oxygen atoms in total. The Morgan fingerprint density at radius 3 is 2.81 bits per heavy atom. The van der Waals surface area contributed by atoms with Crippen LogP contribution >= 0.6 is 24.0 Å². The molecule has 0 aliphatic heterocycles. The van der Waals surface area contributed by atoms with E-state index in [-0.39, 0.29) is 24.0 Å². The third-order valence-electron chi connectivity index (χ3n) is 1.51. The van der Waals surface area contributed by atoms with Gasteiger partial charge in [-0.05, 0) is 12.1 Å². The quantitative estimate of drug-likeness (QED) is 0.344. The standard InChI is InChI=1S/C8H15N7.HI/c1-6(2)4-10-8(9)11-5-7-12-14-15(3)13-7;/h1,4-5H2,2-3H3,(H3,9,10,11);1H. The molecule has 0 aliphatic rings. The summed E-state index contributed by atoms with van der Waals surface area (Å²) < 4.78 is 0. The van der Waals surface area contributed by atoms with Crippen molar-refractivity contribution in [2.75, 3.05) is 6.54 Å². The Hall–Kier alpha value is -1.19. The van der Waals surface area contributed by atoms with Gasteiger partial charge in [0.2, 0.25) is 0 Å². The van der Waals surface area contributed by atoms with Crippen molar-refractivity contribution in [3.05, 3.63) is 18.0 Å². The molecule has 0 fully saturated rings. The SMILES string of the molecule is C=C(C)CNC(N)=NCc1nnn(C)n1.I. The molecule has 0 spiro atoms. The van der Waals surface area contributed by atoms with Crippen LogP contribution in [0.15, 0.2) is 17.1 Å². The summed E-state index contributed by atoms with van der Waals surface area (Å²) in [6.07, 6.45) is 0. The number of nitrogens with two attached hydrogens (primary N) is 1. The predicted octanol–water partition coefficient (Wildman–Crippen LogP) is -0.192. The number of halogens is 1. The minimum atomic E-state index is 0. The fourth-order valence-corrected chi connectivity index (χ4v) is 0.840. The van der Waals surface area contributed by atoms with Crippen LogP contribution in [-0.2, 0) is 13.6 Å². The molecule has 0 bridgehead atoms. The molecule has 16 heavy (non-hydrogen) atoms. The van der Waals surface area contributed by atoms with Crippen LogP contribution in [0.4, 0.5) is 0 Å². The molecule has 1 heterocycles. The molecule has 0 atom stereocenters. The molecule has 1 aromatic heterocycles. The summed E-state index contributed by atoms with van der Waals surface area (Å²) >= 11 is 0. The Kier molecular flexibility index (Phi) is 6.61. The van der Waals surface area contributed by atoms with E-state index in [4.69, 9.17) is 5.73 Å². The van der Waals surface area contributed by atoms with E-state index >= 15 is 0 Å². The first-order valence-electron chi connectivity index (χ1n) is 4.49. The fourth-order valence-electron chi connectivity index (χ4n) is 0.840.